The highest BCUT2D eigenvalue weighted by molar-refractivity contribution is 5.74. The number of rotatable bonds is 4. The number of nitrogens with zero attached hydrogens (tertiary/aromatic N) is 1. The molecule has 0 spiro atoms. The van der Waals surface area contributed by atoms with Crippen molar-refractivity contribution in [2.45, 2.75) is 26.7 Å². The second-order valence-corrected chi connectivity index (χ2v) is 2.98. The molecular weight excluding hydrogens is 168 g/mol. The lowest BCUT2D eigenvalue weighted by Gasteiger charge is -2.16. The minimum atomic E-state index is 0.528. The van der Waals surface area contributed by atoms with E-state index < -0.39 is 0 Å². The molecule has 1 fully saturated rings. The summed E-state index contributed by atoms with van der Waals surface area (Å²) in [6.07, 6.45) is 2.67. The molecule has 13 heavy (non-hydrogen) atoms. The van der Waals surface area contributed by atoms with Gasteiger partial charge >= 0.3 is 0 Å². The number of carbonyl (C=O) groups excluding carboxylic acids is 1. The van der Waals surface area contributed by atoms with Crippen LogP contribution in [-0.4, -0.2) is 24.5 Å². The van der Waals surface area contributed by atoms with Gasteiger partial charge in [-0.1, -0.05) is 13.8 Å². The quantitative estimate of drug-likeness (QED) is 0.523. The zero-order chi connectivity index (χ0) is 9.68. The topological polar surface area (TPSA) is 41.6 Å². The first kappa shape index (κ1) is 10.1. The van der Waals surface area contributed by atoms with E-state index >= 15 is 0 Å². The SMILES string of the molecule is CCCN1CON/C1=C(\C=O)CC. The molecule has 1 aliphatic heterocycles. The van der Waals surface area contributed by atoms with Crippen molar-refractivity contribution in [3.8, 4) is 0 Å². The van der Waals surface area contributed by atoms with Crippen molar-refractivity contribution in [3.05, 3.63) is 11.4 Å². The molecule has 0 aromatic carbocycles. The third-order valence-electron chi connectivity index (χ3n) is 2.03. The minimum absolute atomic E-state index is 0.528. The van der Waals surface area contributed by atoms with Crippen LogP contribution in [0.1, 0.15) is 26.7 Å². The Morgan fingerprint density at radius 2 is 2.46 bits per heavy atom. The van der Waals surface area contributed by atoms with Crippen molar-refractivity contribution in [1.82, 2.24) is 10.4 Å². The molecule has 1 aliphatic rings. The summed E-state index contributed by atoms with van der Waals surface area (Å²) in [6, 6.07) is 0. The van der Waals surface area contributed by atoms with E-state index in [9.17, 15) is 4.79 Å². The van der Waals surface area contributed by atoms with Gasteiger partial charge in [-0.25, -0.2) is 5.48 Å². The Labute approximate surface area is 78.5 Å². The first-order valence-corrected chi connectivity index (χ1v) is 4.64. The van der Waals surface area contributed by atoms with Gasteiger partial charge in [0.05, 0.1) is 0 Å². The molecule has 1 N–H and O–H groups in total. The van der Waals surface area contributed by atoms with E-state index in [0.717, 1.165) is 37.1 Å². The Bertz CT molecular complexity index is 214. The summed E-state index contributed by atoms with van der Waals surface area (Å²) in [5.41, 5.74) is 3.54. The van der Waals surface area contributed by atoms with Crippen LogP contribution in [0.25, 0.3) is 0 Å². The Hall–Kier alpha value is -1.03. The van der Waals surface area contributed by atoms with Crippen LogP contribution in [-0.2, 0) is 9.63 Å². The fourth-order valence-electron chi connectivity index (χ4n) is 1.33. The van der Waals surface area contributed by atoms with Gasteiger partial charge in [-0.2, -0.15) is 0 Å². The van der Waals surface area contributed by atoms with E-state index in [2.05, 4.69) is 12.4 Å². The van der Waals surface area contributed by atoms with E-state index in [4.69, 9.17) is 4.84 Å². The first-order chi connectivity index (χ1) is 6.33. The predicted octanol–water partition coefficient (Wildman–Crippen LogP) is 1.01. The van der Waals surface area contributed by atoms with Crippen LogP contribution in [0, 0.1) is 0 Å². The van der Waals surface area contributed by atoms with Crippen molar-refractivity contribution in [3.63, 3.8) is 0 Å². The summed E-state index contributed by atoms with van der Waals surface area (Å²) in [5.74, 6) is 0.833. The number of nitrogens with one attached hydrogen (secondary N) is 1. The van der Waals surface area contributed by atoms with Crippen LogP contribution >= 0.6 is 0 Å². The van der Waals surface area contributed by atoms with Crippen LogP contribution in [0.5, 0.6) is 0 Å². The maximum atomic E-state index is 10.7. The van der Waals surface area contributed by atoms with Gasteiger partial charge in [-0.15, -0.1) is 0 Å². The fraction of sp³-hybridized carbons (Fsp3) is 0.667. The number of aldehydes is 1. The van der Waals surface area contributed by atoms with Gasteiger partial charge in [0.1, 0.15) is 18.8 Å². The Morgan fingerprint density at radius 1 is 1.69 bits per heavy atom. The Morgan fingerprint density at radius 3 is 3.00 bits per heavy atom. The number of hydroxylamine groups is 1. The highest BCUT2D eigenvalue weighted by Crippen LogP contribution is 2.14. The molecule has 4 heteroatoms. The number of carbonyl (C=O) groups is 1. The van der Waals surface area contributed by atoms with Gasteiger partial charge in [0.15, 0.2) is 0 Å². The third-order valence-corrected chi connectivity index (χ3v) is 2.03. The summed E-state index contributed by atoms with van der Waals surface area (Å²) in [5, 5.41) is 0. The fourth-order valence-corrected chi connectivity index (χ4v) is 1.33. The van der Waals surface area contributed by atoms with Crippen molar-refractivity contribution in [2.75, 3.05) is 13.3 Å². The van der Waals surface area contributed by atoms with E-state index in [1.807, 2.05) is 11.8 Å². The zero-order valence-corrected chi connectivity index (χ0v) is 8.17. The van der Waals surface area contributed by atoms with E-state index in [1.54, 1.807) is 0 Å². The Balaban J connectivity index is 2.75. The summed E-state index contributed by atoms with van der Waals surface area (Å²) in [6.45, 7) is 5.50. The van der Waals surface area contributed by atoms with E-state index in [1.165, 1.54) is 0 Å². The van der Waals surface area contributed by atoms with Crippen molar-refractivity contribution in [1.29, 1.82) is 0 Å². The predicted molar refractivity (Wildman–Crippen MR) is 49.5 cm³/mol. The largest absolute Gasteiger partial charge is 0.331 e. The van der Waals surface area contributed by atoms with Gasteiger partial charge in [-0.05, 0) is 12.8 Å². The summed E-state index contributed by atoms with van der Waals surface area (Å²) in [4.78, 5) is 17.8. The van der Waals surface area contributed by atoms with Crippen LogP contribution in [0.2, 0.25) is 0 Å². The summed E-state index contributed by atoms with van der Waals surface area (Å²) in [7, 11) is 0. The van der Waals surface area contributed by atoms with Crippen LogP contribution in [0.3, 0.4) is 0 Å². The molecule has 0 bridgehead atoms. The molecule has 1 rings (SSSR count). The second-order valence-electron chi connectivity index (χ2n) is 2.98. The first-order valence-electron chi connectivity index (χ1n) is 4.64. The number of hydrogen-bond acceptors (Lipinski definition) is 4. The van der Waals surface area contributed by atoms with Crippen LogP contribution in [0.15, 0.2) is 11.4 Å². The molecule has 0 amide bonds. The maximum absolute atomic E-state index is 10.7. The molecule has 1 saturated heterocycles. The molecule has 0 aromatic rings. The summed E-state index contributed by atoms with van der Waals surface area (Å²) < 4.78 is 0. The van der Waals surface area contributed by atoms with E-state index in [0.29, 0.717) is 6.73 Å². The minimum Gasteiger partial charge on any atom is -0.331 e. The van der Waals surface area contributed by atoms with Crippen molar-refractivity contribution in [2.24, 2.45) is 0 Å². The van der Waals surface area contributed by atoms with Crippen molar-refractivity contribution >= 4 is 6.29 Å². The molecule has 0 unspecified atom stereocenters. The molecule has 1 heterocycles. The average molecular weight is 184 g/mol. The lowest BCUT2D eigenvalue weighted by atomic mass is 10.2. The normalized spacial score (nSPS) is 20.0. The molecule has 74 valence electrons. The second kappa shape index (κ2) is 4.87. The highest BCUT2D eigenvalue weighted by Gasteiger charge is 2.19. The molecule has 0 aliphatic carbocycles. The molecule has 0 saturated carbocycles. The number of hydrogen-bond donors (Lipinski definition) is 1. The van der Waals surface area contributed by atoms with Gasteiger partial charge in [-0.3, -0.25) is 9.63 Å². The Kier molecular flexibility index (Phi) is 3.76. The molecule has 0 radical (unpaired) electrons. The molecule has 0 atom stereocenters. The van der Waals surface area contributed by atoms with Gasteiger partial charge in [0, 0.05) is 12.1 Å². The third kappa shape index (κ3) is 2.21. The smallest absolute Gasteiger partial charge is 0.149 e. The van der Waals surface area contributed by atoms with E-state index in [-0.39, 0.29) is 0 Å². The average Bonchev–Trinajstić information content (AvgIpc) is 2.57. The zero-order valence-electron chi connectivity index (χ0n) is 8.17. The highest BCUT2D eigenvalue weighted by atomic mass is 16.7. The molecular formula is C9H16N2O2. The molecule has 0 aromatic heterocycles. The van der Waals surface area contributed by atoms with Gasteiger partial charge in [0.25, 0.3) is 0 Å². The van der Waals surface area contributed by atoms with Crippen LogP contribution in [0.4, 0.5) is 0 Å². The van der Waals surface area contributed by atoms with Gasteiger partial charge in [0.2, 0.25) is 0 Å². The summed E-state index contributed by atoms with van der Waals surface area (Å²) >= 11 is 0. The monoisotopic (exact) mass is 184 g/mol. The standard InChI is InChI=1S/C9H16N2O2/c1-3-5-11-7-13-10-9(11)8(4-2)6-12/h6,10H,3-5,7H2,1-2H3/b9-8+. The maximum Gasteiger partial charge on any atom is 0.149 e. The molecule has 4 nitrogen and oxygen atoms in total. The van der Waals surface area contributed by atoms with Gasteiger partial charge < -0.3 is 4.90 Å². The lowest BCUT2D eigenvalue weighted by Crippen LogP contribution is -2.23. The van der Waals surface area contributed by atoms with Crippen molar-refractivity contribution < 1.29 is 9.63 Å². The lowest BCUT2D eigenvalue weighted by molar-refractivity contribution is -0.105. The van der Waals surface area contributed by atoms with Crippen LogP contribution < -0.4 is 5.48 Å². The number of allylic oxidation sites excluding steroid dienone is 1.